The van der Waals surface area contributed by atoms with Gasteiger partial charge < -0.3 is 15.4 Å². The zero-order chi connectivity index (χ0) is 16.5. The first kappa shape index (κ1) is 17.9. The Hall–Kier alpha value is -2.17. The molecule has 1 aromatic rings. The SMILES string of the molecule is CC(=O)NC(CC(C)C)C(=O)NC(C=O)Cc1ccccc1. The molecular weight excluding hydrogens is 280 g/mol. The van der Waals surface area contributed by atoms with Crippen molar-refractivity contribution < 1.29 is 14.4 Å². The van der Waals surface area contributed by atoms with Crippen molar-refractivity contribution in [2.24, 2.45) is 5.92 Å². The van der Waals surface area contributed by atoms with E-state index in [2.05, 4.69) is 10.6 Å². The molecule has 0 aliphatic carbocycles. The zero-order valence-corrected chi connectivity index (χ0v) is 13.3. The van der Waals surface area contributed by atoms with Crippen molar-refractivity contribution in [1.29, 1.82) is 0 Å². The van der Waals surface area contributed by atoms with Gasteiger partial charge in [0.25, 0.3) is 0 Å². The van der Waals surface area contributed by atoms with Gasteiger partial charge in [-0.2, -0.15) is 0 Å². The first-order valence-corrected chi connectivity index (χ1v) is 7.49. The first-order valence-electron chi connectivity index (χ1n) is 7.49. The molecule has 2 atom stereocenters. The van der Waals surface area contributed by atoms with E-state index in [4.69, 9.17) is 0 Å². The van der Waals surface area contributed by atoms with Gasteiger partial charge in [0, 0.05) is 6.92 Å². The van der Waals surface area contributed by atoms with Crippen molar-refractivity contribution in [2.75, 3.05) is 0 Å². The van der Waals surface area contributed by atoms with Crippen LogP contribution in [0.15, 0.2) is 30.3 Å². The highest BCUT2D eigenvalue weighted by Crippen LogP contribution is 2.07. The summed E-state index contributed by atoms with van der Waals surface area (Å²) < 4.78 is 0. The molecule has 0 aliphatic rings. The van der Waals surface area contributed by atoms with Crippen LogP contribution in [0.1, 0.15) is 32.8 Å². The maximum Gasteiger partial charge on any atom is 0.243 e. The summed E-state index contributed by atoms with van der Waals surface area (Å²) in [5.41, 5.74) is 0.972. The Morgan fingerprint density at radius 2 is 1.77 bits per heavy atom. The summed E-state index contributed by atoms with van der Waals surface area (Å²) in [5.74, 6) is -0.324. The van der Waals surface area contributed by atoms with Gasteiger partial charge >= 0.3 is 0 Å². The van der Waals surface area contributed by atoms with Gasteiger partial charge in [-0.15, -0.1) is 0 Å². The number of aldehydes is 1. The Bertz CT molecular complexity index is 500. The van der Waals surface area contributed by atoms with Crippen molar-refractivity contribution in [3.8, 4) is 0 Å². The van der Waals surface area contributed by atoms with Crippen LogP contribution in [0.2, 0.25) is 0 Å². The Morgan fingerprint density at radius 1 is 1.14 bits per heavy atom. The van der Waals surface area contributed by atoms with Crippen LogP contribution in [0.4, 0.5) is 0 Å². The summed E-state index contributed by atoms with van der Waals surface area (Å²) in [7, 11) is 0. The lowest BCUT2D eigenvalue weighted by Crippen LogP contribution is -2.50. The third-order valence-electron chi connectivity index (χ3n) is 3.19. The number of carbonyl (C=O) groups is 3. The second-order valence-corrected chi connectivity index (χ2v) is 5.82. The highest BCUT2D eigenvalue weighted by Gasteiger charge is 2.23. The fraction of sp³-hybridized carbons (Fsp3) is 0.471. The molecule has 22 heavy (non-hydrogen) atoms. The van der Waals surface area contributed by atoms with Crippen LogP contribution in [0.25, 0.3) is 0 Å². The molecule has 120 valence electrons. The van der Waals surface area contributed by atoms with E-state index in [9.17, 15) is 14.4 Å². The topological polar surface area (TPSA) is 75.3 Å². The molecule has 0 spiro atoms. The molecule has 5 heteroatoms. The summed E-state index contributed by atoms with van der Waals surface area (Å²) in [6.07, 6.45) is 1.69. The van der Waals surface area contributed by atoms with Crippen molar-refractivity contribution in [1.82, 2.24) is 10.6 Å². The zero-order valence-electron chi connectivity index (χ0n) is 13.3. The van der Waals surface area contributed by atoms with Crippen LogP contribution in [-0.2, 0) is 20.8 Å². The monoisotopic (exact) mass is 304 g/mol. The third-order valence-corrected chi connectivity index (χ3v) is 3.19. The van der Waals surface area contributed by atoms with Crippen LogP contribution < -0.4 is 10.6 Å². The number of nitrogens with one attached hydrogen (secondary N) is 2. The normalized spacial score (nSPS) is 13.3. The van der Waals surface area contributed by atoms with E-state index >= 15 is 0 Å². The van der Waals surface area contributed by atoms with Gasteiger partial charge in [-0.25, -0.2) is 0 Å². The lowest BCUT2D eigenvalue weighted by atomic mass is 10.0. The van der Waals surface area contributed by atoms with Gasteiger partial charge in [0.15, 0.2) is 0 Å². The van der Waals surface area contributed by atoms with Gasteiger partial charge in [0.1, 0.15) is 12.3 Å². The summed E-state index contributed by atoms with van der Waals surface area (Å²) >= 11 is 0. The smallest absolute Gasteiger partial charge is 0.243 e. The van der Waals surface area contributed by atoms with Gasteiger partial charge in [-0.1, -0.05) is 44.2 Å². The number of benzene rings is 1. The molecule has 2 unspecified atom stereocenters. The van der Waals surface area contributed by atoms with Gasteiger partial charge in [0.2, 0.25) is 11.8 Å². The van der Waals surface area contributed by atoms with Crippen LogP contribution in [-0.4, -0.2) is 30.2 Å². The van der Waals surface area contributed by atoms with E-state index in [1.54, 1.807) is 0 Å². The molecular formula is C17H24N2O3. The molecule has 0 radical (unpaired) electrons. The van der Waals surface area contributed by atoms with E-state index < -0.39 is 12.1 Å². The largest absolute Gasteiger partial charge is 0.345 e. The minimum atomic E-state index is -0.615. The van der Waals surface area contributed by atoms with Crippen molar-refractivity contribution >= 4 is 18.1 Å². The molecule has 2 amide bonds. The highest BCUT2D eigenvalue weighted by molar-refractivity contribution is 5.88. The fourth-order valence-electron chi connectivity index (χ4n) is 2.23. The lowest BCUT2D eigenvalue weighted by molar-refractivity contribution is -0.129. The second-order valence-electron chi connectivity index (χ2n) is 5.82. The van der Waals surface area contributed by atoms with Crippen molar-refractivity contribution in [3.05, 3.63) is 35.9 Å². The number of carbonyl (C=O) groups excluding carboxylic acids is 3. The minimum Gasteiger partial charge on any atom is -0.345 e. The van der Waals surface area contributed by atoms with Crippen LogP contribution in [0.3, 0.4) is 0 Å². The maximum atomic E-state index is 12.3. The van der Waals surface area contributed by atoms with Crippen LogP contribution >= 0.6 is 0 Å². The molecule has 0 saturated heterocycles. The molecule has 1 rings (SSSR count). The summed E-state index contributed by atoms with van der Waals surface area (Å²) in [4.78, 5) is 34.7. The first-order chi connectivity index (χ1) is 10.4. The lowest BCUT2D eigenvalue weighted by Gasteiger charge is -2.21. The fourth-order valence-corrected chi connectivity index (χ4v) is 2.23. The van der Waals surface area contributed by atoms with Gasteiger partial charge in [0.05, 0.1) is 6.04 Å². The Balaban J connectivity index is 2.68. The Kier molecular flexibility index (Phi) is 7.29. The summed E-state index contributed by atoms with van der Waals surface area (Å²) in [6, 6.07) is 8.27. The maximum absolute atomic E-state index is 12.3. The van der Waals surface area contributed by atoms with E-state index in [0.29, 0.717) is 12.8 Å². The standard InChI is InChI=1S/C17H24N2O3/c1-12(2)9-16(18-13(3)21)17(22)19-15(11-20)10-14-7-5-4-6-8-14/h4-8,11-12,15-16H,9-10H2,1-3H3,(H,18,21)(H,19,22). The Labute approximate surface area is 131 Å². The molecule has 0 saturated carbocycles. The van der Waals surface area contributed by atoms with E-state index in [1.165, 1.54) is 6.92 Å². The average molecular weight is 304 g/mol. The van der Waals surface area contributed by atoms with Crippen molar-refractivity contribution in [2.45, 2.75) is 45.7 Å². The summed E-state index contributed by atoms with van der Waals surface area (Å²) in [5, 5.41) is 5.34. The molecule has 0 heterocycles. The average Bonchev–Trinajstić information content (AvgIpc) is 2.45. The summed E-state index contributed by atoms with van der Waals surface area (Å²) in [6.45, 7) is 5.33. The molecule has 0 fully saturated rings. The van der Waals surface area contributed by atoms with E-state index in [-0.39, 0.29) is 17.7 Å². The number of hydrogen-bond donors (Lipinski definition) is 2. The number of rotatable bonds is 8. The quantitative estimate of drug-likeness (QED) is 0.714. The molecule has 1 aromatic carbocycles. The molecule has 0 aromatic heterocycles. The Morgan fingerprint density at radius 3 is 2.27 bits per heavy atom. The van der Waals surface area contributed by atoms with Gasteiger partial charge in [-0.3, -0.25) is 9.59 Å². The number of hydrogen-bond acceptors (Lipinski definition) is 3. The molecule has 0 bridgehead atoms. The van der Waals surface area contributed by atoms with E-state index in [0.717, 1.165) is 11.8 Å². The van der Waals surface area contributed by atoms with Gasteiger partial charge in [-0.05, 0) is 24.3 Å². The minimum absolute atomic E-state index is 0.256. The van der Waals surface area contributed by atoms with Crippen LogP contribution in [0.5, 0.6) is 0 Å². The highest BCUT2D eigenvalue weighted by atomic mass is 16.2. The predicted octanol–water partition coefficient (Wildman–Crippen LogP) is 1.46. The number of amides is 2. The van der Waals surface area contributed by atoms with Crippen molar-refractivity contribution in [3.63, 3.8) is 0 Å². The molecule has 2 N–H and O–H groups in total. The third kappa shape index (κ3) is 6.52. The second kappa shape index (κ2) is 8.97. The molecule has 0 aliphatic heterocycles. The predicted molar refractivity (Wildman–Crippen MR) is 85.2 cm³/mol. The van der Waals surface area contributed by atoms with Crippen LogP contribution in [0, 0.1) is 5.92 Å². The molecule has 5 nitrogen and oxygen atoms in total. The van der Waals surface area contributed by atoms with E-state index in [1.807, 2.05) is 44.2 Å².